The Kier molecular flexibility index (Phi) is 6.36. The Morgan fingerprint density at radius 1 is 1.26 bits per heavy atom. The summed E-state index contributed by atoms with van der Waals surface area (Å²) in [7, 11) is 0. The van der Waals surface area contributed by atoms with Crippen molar-refractivity contribution in [2.24, 2.45) is 0 Å². The molecule has 1 amide bonds. The summed E-state index contributed by atoms with van der Waals surface area (Å²) in [6.45, 7) is 7.73. The monoisotopic (exact) mass is 264 g/mol. The average molecular weight is 264 g/mol. The molecule has 0 bridgehead atoms. The summed E-state index contributed by atoms with van der Waals surface area (Å²) in [5.74, 6) is 0.371. The van der Waals surface area contributed by atoms with Crippen molar-refractivity contribution in [3.8, 4) is 5.75 Å². The molecular formula is C15H24N2O2. The summed E-state index contributed by atoms with van der Waals surface area (Å²) in [4.78, 5) is 13.7. The van der Waals surface area contributed by atoms with E-state index in [-0.39, 0.29) is 17.7 Å². The maximum atomic E-state index is 11.9. The number of carbonyl (C=O) groups excluding carboxylic acids is 1. The van der Waals surface area contributed by atoms with Gasteiger partial charge in [0.25, 0.3) is 0 Å². The Morgan fingerprint density at radius 2 is 1.89 bits per heavy atom. The van der Waals surface area contributed by atoms with Crippen molar-refractivity contribution in [2.45, 2.75) is 33.2 Å². The molecular weight excluding hydrogens is 240 g/mol. The van der Waals surface area contributed by atoms with E-state index < -0.39 is 0 Å². The van der Waals surface area contributed by atoms with E-state index in [1.54, 1.807) is 17.0 Å². The molecule has 0 spiro atoms. The normalized spacial score (nSPS) is 12.2. The highest BCUT2D eigenvalue weighted by atomic mass is 16.3. The highest BCUT2D eigenvalue weighted by Crippen LogP contribution is 2.25. The summed E-state index contributed by atoms with van der Waals surface area (Å²) >= 11 is 0. The van der Waals surface area contributed by atoms with Crippen LogP contribution >= 0.6 is 0 Å². The highest BCUT2D eigenvalue weighted by Gasteiger charge is 2.15. The molecule has 0 aromatic heterocycles. The van der Waals surface area contributed by atoms with Gasteiger partial charge in [-0.3, -0.25) is 4.79 Å². The van der Waals surface area contributed by atoms with Gasteiger partial charge in [0.15, 0.2) is 0 Å². The van der Waals surface area contributed by atoms with Gasteiger partial charge in [-0.25, -0.2) is 0 Å². The highest BCUT2D eigenvalue weighted by molar-refractivity contribution is 5.78. The third kappa shape index (κ3) is 4.24. The number of nitrogens with one attached hydrogen (secondary N) is 1. The van der Waals surface area contributed by atoms with E-state index in [1.165, 1.54) is 0 Å². The number of rotatable bonds is 7. The molecule has 1 atom stereocenters. The number of hydrogen-bond donors (Lipinski definition) is 2. The standard InChI is InChI=1S/C15H24N2O2/c1-4-13(12-9-7-8-10-14(12)18)16-11-15(19)17(5-2)6-3/h7-10,13,16,18H,4-6,11H2,1-3H3. The minimum absolute atomic E-state index is 0.000659. The van der Waals surface area contributed by atoms with Crippen molar-refractivity contribution in [3.63, 3.8) is 0 Å². The molecule has 2 N–H and O–H groups in total. The molecule has 0 heterocycles. The van der Waals surface area contributed by atoms with Gasteiger partial charge < -0.3 is 15.3 Å². The van der Waals surface area contributed by atoms with Crippen LogP contribution in [0.3, 0.4) is 0 Å². The quantitative estimate of drug-likeness (QED) is 0.794. The van der Waals surface area contributed by atoms with E-state index in [1.807, 2.05) is 32.9 Å². The third-order valence-corrected chi connectivity index (χ3v) is 3.34. The Balaban J connectivity index is 2.64. The molecule has 0 saturated carbocycles. The largest absolute Gasteiger partial charge is 0.508 e. The SMILES string of the molecule is CCC(NCC(=O)N(CC)CC)c1ccccc1O. The Labute approximate surface area is 115 Å². The van der Waals surface area contributed by atoms with Gasteiger partial charge in [0.05, 0.1) is 6.54 Å². The van der Waals surface area contributed by atoms with Gasteiger partial charge >= 0.3 is 0 Å². The minimum atomic E-state index is 0.000659. The van der Waals surface area contributed by atoms with E-state index in [0.29, 0.717) is 6.54 Å². The Morgan fingerprint density at radius 3 is 2.42 bits per heavy atom. The van der Waals surface area contributed by atoms with Crippen molar-refractivity contribution in [3.05, 3.63) is 29.8 Å². The second kappa shape index (κ2) is 7.79. The van der Waals surface area contributed by atoms with Crippen LogP contribution in [0.15, 0.2) is 24.3 Å². The molecule has 4 heteroatoms. The van der Waals surface area contributed by atoms with Gasteiger partial charge in [0.1, 0.15) is 5.75 Å². The summed E-state index contributed by atoms with van der Waals surface area (Å²) in [5.41, 5.74) is 0.845. The molecule has 1 aromatic carbocycles. The first-order valence-electron chi connectivity index (χ1n) is 6.93. The second-order valence-corrected chi connectivity index (χ2v) is 4.47. The van der Waals surface area contributed by atoms with Crippen LogP contribution in [-0.4, -0.2) is 35.5 Å². The average Bonchev–Trinajstić information content (AvgIpc) is 2.42. The van der Waals surface area contributed by atoms with Gasteiger partial charge in [-0.15, -0.1) is 0 Å². The topological polar surface area (TPSA) is 52.6 Å². The predicted octanol–water partition coefficient (Wildman–Crippen LogP) is 2.30. The van der Waals surface area contributed by atoms with Gasteiger partial charge in [-0.1, -0.05) is 25.1 Å². The summed E-state index contributed by atoms with van der Waals surface area (Å²) in [6, 6.07) is 7.25. The summed E-state index contributed by atoms with van der Waals surface area (Å²) in [6.07, 6.45) is 0.823. The Bertz CT molecular complexity index is 403. The third-order valence-electron chi connectivity index (χ3n) is 3.34. The Hall–Kier alpha value is -1.55. The molecule has 1 unspecified atom stereocenters. The van der Waals surface area contributed by atoms with Crippen molar-refractivity contribution in [2.75, 3.05) is 19.6 Å². The molecule has 4 nitrogen and oxygen atoms in total. The molecule has 0 aliphatic rings. The first-order valence-corrected chi connectivity index (χ1v) is 6.93. The van der Waals surface area contributed by atoms with E-state index in [0.717, 1.165) is 25.1 Å². The number of phenolic OH excluding ortho intramolecular Hbond substituents is 1. The molecule has 0 aliphatic carbocycles. The van der Waals surface area contributed by atoms with Crippen LogP contribution < -0.4 is 5.32 Å². The lowest BCUT2D eigenvalue weighted by atomic mass is 10.0. The fraction of sp³-hybridized carbons (Fsp3) is 0.533. The molecule has 19 heavy (non-hydrogen) atoms. The first-order chi connectivity index (χ1) is 9.13. The maximum absolute atomic E-state index is 11.9. The second-order valence-electron chi connectivity index (χ2n) is 4.47. The van der Waals surface area contributed by atoms with E-state index >= 15 is 0 Å². The number of carbonyl (C=O) groups is 1. The van der Waals surface area contributed by atoms with Crippen LogP contribution in [-0.2, 0) is 4.79 Å². The van der Waals surface area contributed by atoms with Crippen LogP contribution in [0.25, 0.3) is 0 Å². The summed E-state index contributed by atoms with van der Waals surface area (Å²) in [5, 5.41) is 13.1. The van der Waals surface area contributed by atoms with Crippen molar-refractivity contribution >= 4 is 5.91 Å². The number of hydrogen-bond acceptors (Lipinski definition) is 3. The maximum Gasteiger partial charge on any atom is 0.236 e. The van der Waals surface area contributed by atoms with Gasteiger partial charge in [-0.05, 0) is 26.3 Å². The zero-order valence-corrected chi connectivity index (χ0v) is 12.0. The lowest BCUT2D eigenvalue weighted by molar-refractivity contribution is -0.130. The van der Waals surface area contributed by atoms with Crippen LogP contribution in [0, 0.1) is 0 Å². The molecule has 0 saturated heterocycles. The van der Waals surface area contributed by atoms with Crippen LogP contribution in [0.4, 0.5) is 0 Å². The molecule has 106 valence electrons. The van der Waals surface area contributed by atoms with Gasteiger partial charge in [0, 0.05) is 24.7 Å². The van der Waals surface area contributed by atoms with E-state index in [4.69, 9.17) is 0 Å². The van der Waals surface area contributed by atoms with Crippen LogP contribution in [0.1, 0.15) is 38.8 Å². The lowest BCUT2D eigenvalue weighted by Gasteiger charge is -2.22. The molecule has 1 rings (SSSR count). The molecule has 0 aliphatic heterocycles. The number of amides is 1. The summed E-state index contributed by atoms with van der Waals surface area (Å²) < 4.78 is 0. The van der Waals surface area contributed by atoms with Crippen LogP contribution in [0.5, 0.6) is 5.75 Å². The number of para-hydroxylation sites is 1. The van der Waals surface area contributed by atoms with E-state index in [2.05, 4.69) is 5.32 Å². The van der Waals surface area contributed by atoms with Crippen molar-refractivity contribution < 1.29 is 9.90 Å². The molecule has 1 aromatic rings. The molecule has 0 fully saturated rings. The zero-order chi connectivity index (χ0) is 14.3. The smallest absolute Gasteiger partial charge is 0.236 e. The fourth-order valence-electron chi connectivity index (χ4n) is 2.16. The van der Waals surface area contributed by atoms with E-state index in [9.17, 15) is 9.90 Å². The predicted molar refractivity (Wildman–Crippen MR) is 77.1 cm³/mol. The van der Waals surface area contributed by atoms with Crippen molar-refractivity contribution in [1.82, 2.24) is 10.2 Å². The fourth-order valence-corrected chi connectivity index (χ4v) is 2.16. The van der Waals surface area contributed by atoms with Gasteiger partial charge in [0.2, 0.25) is 5.91 Å². The number of nitrogens with zero attached hydrogens (tertiary/aromatic N) is 1. The minimum Gasteiger partial charge on any atom is -0.508 e. The zero-order valence-electron chi connectivity index (χ0n) is 12.0. The number of likely N-dealkylation sites (N-methyl/N-ethyl adjacent to an activating group) is 1. The number of benzene rings is 1. The van der Waals surface area contributed by atoms with Crippen molar-refractivity contribution in [1.29, 1.82) is 0 Å². The van der Waals surface area contributed by atoms with Crippen LogP contribution in [0.2, 0.25) is 0 Å². The molecule has 0 radical (unpaired) electrons. The number of phenols is 1. The lowest BCUT2D eigenvalue weighted by Crippen LogP contribution is -2.39. The van der Waals surface area contributed by atoms with Gasteiger partial charge in [-0.2, -0.15) is 0 Å². The number of aromatic hydroxyl groups is 1. The first kappa shape index (κ1) is 15.5.